The number of rotatable bonds is 4. The molecule has 252 valence electrons. The largest absolute Gasteiger partial charge is 0.507 e. The number of hydrogen-bond donors (Lipinski definition) is 1. The molecular formula is C44H45N5O. The fourth-order valence-electron chi connectivity index (χ4n) is 6.54. The van der Waals surface area contributed by atoms with Gasteiger partial charge < -0.3 is 5.11 Å². The van der Waals surface area contributed by atoms with Gasteiger partial charge in [-0.3, -0.25) is 19.5 Å². The number of nitrogens with zero attached hydrogens (tertiary/aromatic N) is 5. The topological polar surface area (TPSA) is 76.7 Å². The predicted octanol–water partition coefficient (Wildman–Crippen LogP) is 11.0. The molecular weight excluding hydrogens is 615 g/mol. The minimum absolute atomic E-state index is 0.0205. The number of phenols is 1. The molecule has 0 aliphatic heterocycles. The molecule has 0 radical (unpaired) electrons. The summed E-state index contributed by atoms with van der Waals surface area (Å²) < 4.78 is 2.21. The Bertz CT molecular complexity index is 2380. The van der Waals surface area contributed by atoms with Gasteiger partial charge in [0, 0.05) is 58.3 Å². The van der Waals surface area contributed by atoms with Crippen molar-refractivity contribution in [1.29, 1.82) is 0 Å². The smallest absolute Gasteiger partial charge is 0.147 e. The molecule has 0 amide bonds. The van der Waals surface area contributed by atoms with Crippen molar-refractivity contribution >= 4 is 22.1 Å². The summed E-state index contributed by atoms with van der Waals surface area (Å²) >= 11 is 0. The summed E-state index contributed by atoms with van der Waals surface area (Å²) in [4.78, 5) is 19.6. The van der Waals surface area contributed by atoms with Crippen LogP contribution in [-0.2, 0) is 16.2 Å². The first-order valence-corrected chi connectivity index (χ1v) is 17.3. The second-order valence-corrected chi connectivity index (χ2v) is 16.4. The first-order valence-electron chi connectivity index (χ1n) is 17.3. The standard InChI is InChI=1S/C44H45N5O/c1-42(2,3)29-13-16-32(17-14-29)49-37-12-10-11-33(35-22-30(43(4,5)6)15-18-38(35)50)40(37)48-41(49)28-21-27(25-45-26-28)34-23-31(44(7,8)9)24-36-39(34)47-20-19-46-36/h10-26,50H,1-9H3. The highest BCUT2D eigenvalue weighted by Gasteiger charge is 2.23. The van der Waals surface area contributed by atoms with Crippen LogP contribution in [0.1, 0.15) is 79.0 Å². The molecule has 7 aromatic rings. The van der Waals surface area contributed by atoms with Crippen molar-refractivity contribution in [3.05, 3.63) is 120 Å². The van der Waals surface area contributed by atoms with E-state index in [9.17, 15) is 5.11 Å². The van der Waals surface area contributed by atoms with E-state index in [1.807, 2.05) is 30.6 Å². The average Bonchev–Trinajstić information content (AvgIpc) is 3.47. The van der Waals surface area contributed by atoms with Gasteiger partial charge in [-0.2, -0.15) is 0 Å². The monoisotopic (exact) mass is 659 g/mol. The van der Waals surface area contributed by atoms with Crippen molar-refractivity contribution in [3.8, 4) is 45.1 Å². The van der Waals surface area contributed by atoms with Gasteiger partial charge in [0.15, 0.2) is 0 Å². The first kappa shape index (κ1) is 33.2. The molecule has 4 aromatic carbocycles. The lowest BCUT2D eigenvalue weighted by atomic mass is 9.85. The van der Waals surface area contributed by atoms with Crippen LogP contribution in [0.5, 0.6) is 5.75 Å². The lowest BCUT2D eigenvalue weighted by molar-refractivity contribution is 0.476. The Balaban J connectivity index is 1.49. The molecule has 0 saturated carbocycles. The van der Waals surface area contributed by atoms with Crippen molar-refractivity contribution in [1.82, 2.24) is 24.5 Å². The zero-order valence-corrected chi connectivity index (χ0v) is 30.5. The third-order valence-electron chi connectivity index (χ3n) is 9.58. The molecule has 0 aliphatic rings. The van der Waals surface area contributed by atoms with Crippen molar-refractivity contribution < 1.29 is 5.11 Å². The van der Waals surface area contributed by atoms with E-state index in [0.717, 1.165) is 67.0 Å². The SMILES string of the molecule is CC(C)(C)c1ccc(-n2c(-c3cncc(-c4cc(C(C)(C)C)cc5nccnc45)c3)nc3c(-c4cc(C(C)(C)C)ccc4O)cccc32)cc1. The lowest BCUT2D eigenvalue weighted by Gasteiger charge is -2.21. The van der Waals surface area contributed by atoms with Gasteiger partial charge in [-0.05, 0) is 81.5 Å². The van der Waals surface area contributed by atoms with Crippen molar-refractivity contribution in [2.75, 3.05) is 0 Å². The first-order chi connectivity index (χ1) is 23.6. The molecule has 6 nitrogen and oxygen atoms in total. The van der Waals surface area contributed by atoms with Crippen LogP contribution >= 0.6 is 0 Å². The van der Waals surface area contributed by atoms with E-state index in [2.05, 4.69) is 126 Å². The highest BCUT2D eigenvalue weighted by atomic mass is 16.3. The highest BCUT2D eigenvalue weighted by molar-refractivity contribution is 5.98. The molecule has 0 atom stereocenters. The maximum Gasteiger partial charge on any atom is 0.147 e. The van der Waals surface area contributed by atoms with Crippen molar-refractivity contribution in [2.24, 2.45) is 0 Å². The molecule has 50 heavy (non-hydrogen) atoms. The summed E-state index contributed by atoms with van der Waals surface area (Å²) in [7, 11) is 0. The Morgan fingerprint density at radius 2 is 1.20 bits per heavy atom. The summed E-state index contributed by atoms with van der Waals surface area (Å²) in [5.41, 5.74) is 12.3. The number of fused-ring (bicyclic) bond motifs is 2. The summed E-state index contributed by atoms with van der Waals surface area (Å²) in [6, 6.07) is 27.3. The van der Waals surface area contributed by atoms with Crippen LogP contribution in [0.4, 0.5) is 0 Å². The second kappa shape index (κ2) is 11.9. The van der Waals surface area contributed by atoms with Crippen LogP contribution in [0.15, 0.2) is 104 Å². The Morgan fingerprint density at radius 3 is 1.90 bits per heavy atom. The predicted molar refractivity (Wildman–Crippen MR) is 206 cm³/mol. The molecule has 0 unspecified atom stereocenters. The fraction of sp³-hybridized carbons (Fsp3) is 0.273. The zero-order valence-electron chi connectivity index (χ0n) is 30.5. The van der Waals surface area contributed by atoms with Crippen LogP contribution in [0.25, 0.3) is 61.4 Å². The van der Waals surface area contributed by atoms with Gasteiger partial charge in [-0.15, -0.1) is 0 Å². The summed E-state index contributed by atoms with van der Waals surface area (Å²) in [6.45, 7) is 19.9. The van der Waals surface area contributed by atoms with Gasteiger partial charge >= 0.3 is 0 Å². The van der Waals surface area contributed by atoms with Gasteiger partial charge in [0.05, 0.1) is 22.1 Å². The van der Waals surface area contributed by atoms with Crippen molar-refractivity contribution in [2.45, 2.75) is 78.6 Å². The zero-order chi connectivity index (χ0) is 35.6. The number of phenolic OH excluding ortho intramolecular Hbond substituents is 1. The average molecular weight is 660 g/mol. The molecule has 0 saturated heterocycles. The lowest BCUT2D eigenvalue weighted by Crippen LogP contribution is -2.11. The third kappa shape index (κ3) is 6.04. The second-order valence-electron chi connectivity index (χ2n) is 16.4. The maximum absolute atomic E-state index is 11.2. The van der Waals surface area contributed by atoms with Gasteiger partial charge in [0.1, 0.15) is 11.6 Å². The quantitative estimate of drug-likeness (QED) is 0.203. The van der Waals surface area contributed by atoms with Gasteiger partial charge in [-0.25, -0.2) is 4.98 Å². The number of aromatic nitrogens is 5. The molecule has 3 heterocycles. The van der Waals surface area contributed by atoms with Crippen LogP contribution in [0.3, 0.4) is 0 Å². The number of benzene rings is 4. The van der Waals surface area contributed by atoms with Crippen LogP contribution in [0.2, 0.25) is 0 Å². The van der Waals surface area contributed by atoms with E-state index in [0.29, 0.717) is 0 Å². The maximum atomic E-state index is 11.2. The number of para-hydroxylation sites is 1. The number of pyridine rings is 1. The number of hydrogen-bond acceptors (Lipinski definition) is 5. The minimum atomic E-state index is -0.0827. The molecule has 0 fully saturated rings. The van der Waals surface area contributed by atoms with E-state index < -0.39 is 0 Å². The third-order valence-corrected chi connectivity index (χ3v) is 9.58. The minimum Gasteiger partial charge on any atom is -0.507 e. The fourth-order valence-corrected chi connectivity index (χ4v) is 6.54. The number of imidazole rings is 1. The van der Waals surface area contributed by atoms with E-state index in [1.54, 1.807) is 18.5 Å². The Hall–Kier alpha value is -5.36. The van der Waals surface area contributed by atoms with Gasteiger partial charge in [-0.1, -0.05) is 92.6 Å². The molecule has 0 bridgehead atoms. The van der Waals surface area contributed by atoms with E-state index >= 15 is 0 Å². The molecule has 6 heteroatoms. The molecule has 1 N–H and O–H groups in total. The van der Waals surface area contributed by atoms with E-state index in [1.165, 1.54) is 11.1 Å². The Kier molecular flexibility index (Phi) is 7.89. The van der Waals surface area contributed by atoms with Crippen LogP contribution in [0, 0.1) is 0 Å². The summed E-state index contributed by atoms with van der Waals surface area (Å²) in [6.07, 6.45) is 7.26. The van der Waals surface area contributed by atoms with Crippen LogP contribution < -0.4 is 0 Å². The molecule has 0 spiro atoms. The van der Waals surface area contributed by atoms with E-state index in [4.69, 9.17) is 15.0 Å². The molecule has 3 aromatic heterocycles. The van der Waals surface area contributed by atoms with Crippen LogP contribution in [-0.4, -0.2) is 29.6 Å². The highest BCUT2D eigenvalue weighted by Crippen LogP contribution is 2.41. The Labute approximate surface area is 294 Å². The van der Waals surface area contributed by atoms with Gasteiger partial charge in [0.2, 0.25) is 0 Å². The normalized spacial score (nSPS) is 12.6. The van der Waals surface area contributed by atoms with Crippen molar-refractivity contribution in [3.63, 3.8) is 0 Å². The van der Waals surface area contributed by atoms with Gasteiger partial charge in [0.25, 0.3) is 0 Å². The molecule has 7 rings (SSSR count). The molecule has 0 aliphatic carbocycles. The summed E-state index contributed by atoms with van der Waals surface area (Å²) in [5, 5.41) is 11.2. The Morgan fingerprint density at radius 1 is 0.560 bits per heavy atom. The summed E-state index contributed by atoms with van der Waals surface area (Å²) in [5.74, 6) is 0.991. The number of aromatic hydroxyl groups is 1. The van der Waals surface area contributed by atoms with E-state index in [-0.39, 0.29) is 22.0 Å².